The maximum atomic E-state index is 13.4. The van der Waals surface area contributed by atoms with Gasteiger partial charge in [0.05, 0.1) is 27.1 Å². The Morgan fingerprint density at radius 2 is 1.61 bits per heavy atom. The summed E-state index contributed by atoms with van der Waals surface area (Å²) < 4.78 is 1.31. The van der Waals surface area contributed by atoms with Crippen LogP contribution < -0.4 is 11.1 Å². The fourth-order valence-corrected chi connectivity index (χ4v) is 3.59. The third-order valence-electron chi connectivity index (χ3n) is 5.09. The highest BCUT2D eigenvalue weighted by molar-refractivity contribution is 5.85. The Balaban J connectivity index is 1.87. The normalized spacial score (nSPS) is 11.1. The molecule has 1 N–H and O–H groups in total. The van der Waals surface area contributed by atoms with Crippen LogP contribution in [0.4, 0.5) is 5.69 Å². The molecular weight excluding hydrogens is 396 g/mol. The predicted molar refractivity (Wildman–Crippen MR) is 118 cm³/mol. The molecule has 0 spiro atoms. The van der Waals surface area contributed by atoms with E-state index in [1.165, 1.54) is 28.8 Å². The van der Waals surface area contributed by atoms with Gasteiger partial charge in [-0.3, -0.25) is 24.3 Å². The molecule has 31 heavy (non-hydrogen) atoms. The number of fused-ring (bicyclic) bond motifs is 2. The number of non-ortho nitro benzene ring substituents is 1. The van der Waals surface area contributed by atoms with E-state index in [0.717, 1.165) is 5.39 Å². The lowest BCUT2D eigenvalue weighted by Gasteiger charge is -2.14. The molecular formula is C23H14N4O4. The number of aromatic amines is 1. The van der Waals surface area contributed by atoms with E-state index >= 15 is 0 Å². The number of rotatable bonds is 3. The highest BCUT2D eigenvalue weighted by Gasteiger charge is 2.18. The van der Waals surface area contributed by atoms with E-state index in [0.29, 0.717) is 22.1 Å². The number of benzene rings is 3. The number of H-pyrrole nitrogens is 1. The number of pyridine rings is 1. The number of hydrogen-bond donors (Lipinski definition) is 1. The molecule has 8 heteroatoms. The molecule has 8 nitrogen and oxygen atoms in total. The Bertz CT molecular complexity index is 1600. The summed E-state index contributed by atoms with van der Waals surface area (Å²) in [5.74, 6) is 0.157. The molecule has 150 valence electrons. The zero-order chi connectivity index (χ0) is 21.5. The van der Waals surface area contributed by atoms with Gasteiger partial charge >= 0.3 is 0 Å². The van der Waals surface area contributed by atoms with Crippen molar-refractivity contribution in [3.63, 3.8) is 0 Å². The van der Waals surface area contributed by atoms with Gasteiger partial charge in [0, 0.05) is 17.6 Å². The van der Waals surface area contributed by atoms with Crippen molar-refractivity contribution in [2.75, 3.05) is 0 Å². The van der Waals surface area contributed by atoms with Gasteiger partial charge in [0.1, 0.15) is 0 Å². The van der Waals surface area contributed by atoms with Crippen molar-refractivity contribution >= 4 is 27.5 Å². The standard InChI is InChI=1S/C23H14N4O4/c28-22-18(13-14-5-1-3-7-19(14)25-22)21-24-20-8-4-2-6-17(20)23(29)26(21)15-9-11-16(12-10-15)27(30)31/h1-13H,(H,25,28). The average Bonchev–Trinajstić information content (AvgIpc) is 2.78. The third-order valence-corrected chi connectivity index (χ3v) is 5.09. The maximum Gasteiger partial charge on any atom is 0.269 e. The van der Waals surface area contributed by atoms with E-state index < -0.39 is 10.5 Å². The summed E-state index contributed by atoms with van der Waals surface area (Å²) in [6.45, 7) is 0. The number of hydrogen-bond acceptors (Lipinski definition) is 5. The first-order valence-corrected chi connectivity index (χ1v) is 9.42. The van der Waals surface area contributed by atoms with Crippen molar-refractivity contribution in [2.24, 2.45) is 0 Å². The second-order valence-electron chi connectivity index (χ2n) is 6.97. The molecule has 2 aromatic heterocycles. The summed E-state index contributed by atoms with van der Waals surface area (Å²) in [6, 6.07) is 21.4. The number of nitrogens with one attached hydrogen (secondary N) is 1. The quantitative estimate of drug-likeness (QED) is 0.359. The molecule has 0 fully saturated rings. The van der Waals surface area contributed by atoms with E-state index in [4.69, 9.17) is 0 Å². The zero-order valence-corrected chi connectivity index (χ0v) is 16.0. The first-order valence-electron chi connectivity index (χ1n) is 9.42. The molecule has 5 aromatic rings. The summed E-state index contributed by atoms with van der Waals surface area (Å²) in [6.07, 6.45) is 0. The second-order valence-corrected chi connectivity index (χ2v) is 6.97. The molecule has 0 unspecified atom stereocenters. The summed E-state index contributed by atoms with van der Waals surface area (Å²) in [7, 11) is 0. The Morgan fingerprint density at radius 3 is 2.39 bits per heavy atom. The van der Waals surface area contributed by atoms with Crippen LogP contribution in [0.25, 0.3) is 38.9 Å². The molecule has 0 atom stereocenters. The number of nitro benzene ring substituents is 1. The van der Waals surface area contributed by atoms with Crippen LogP contribution in [0.3, 0.4) is 0 Å². The molecule has 3 aromatic carbocycles. The maximum absolute atomic E-state index is 13.4. The monoisotopic (exact) mass is 410 g/mol. The van der Waals surface area contributed by atoms with Crippen molar-refractivity contribution in [3.05, 3.63) is 110 Å². The van der Waals surface area contributed by atoms with Crippen LogP contribution in [0, 0.1) is 10.1 Å². The van der Waals surface area contributed by atoms with E-state index in [1.54, 1.807) is 36.4 Å². The van der Waals surface area contributed by atoms with Gasteiger partial charge in [-0.05, 0) is 41.8 Å². The van der Waals surface area contributed by atoms with Gasteiger partial charge in [-0.1, -0.05) is 30.3 Å². The third kappa shape index (κ3) is 3.06. The summed E-state index contributed by atoms with van der Waals surface area (Å²) >= 11 is 0. The lowest BCUT2D eigenvalue weighted by atomic mass is 10.1. The van der Waals surface area contributed by atoms with Crippen LogP contribution in [0.2, 0.25) is 0 Å². The molecule has 0 aliphatic rings. The Labute approximate surface area is 174 Å². The zero-order valence-electron chi connectivity index (χ0n) is 16.0. The summed E-state index contributed by atoms with van der Waals surface area (Å²) in [5.41, 5.74) is 0.847. The van der Waals surface area contributed by atoms with E-state index in [-0.39, 0.29) is 22.6 Å². The first kappa shape index (κ1) is 18.4. The molecule has 2 heterocycles. The fraction of sp³-hybridized carbons (Fsp3) is 0. The van der Waals surface area contributed by atoms with Gasteiger partial charge in [0.2, 0.25) is 0 Å². The minimum atomic E-state index is -0.514. The SMILES string of the molecule is O=c1[nH]c2ccccc2cc1-c1nc2ccccc2c(=O)n1-c1ccc([N+](=O)[O-])cc1. The number of nitro groups is 1. The van der Waals surface area contributed by atoms with E-state index in [2.05, 4.69) is 9.97 Å². The van der Waals surface area contributed by atoms with Gasteiger partial charge < -0.3 is 4.98 Å². The van der Waals surface area contributed by atoms with Crippen LogP contribution in [0.5, 0.6) is 0 Å². The van der Waals surface area contributed by atoms with Crippen LogP contribution >= 0.6 is 0 Å². The second kappa shape index (κ2) is 7.03. The highest BCUT2D eigenvalue weighted by atomic mass is 16.6. The van der Waals surface area contributed by atoms with Crippen LogP contribution in [-0.2, 0) is 0 Å². The van der Waals surface area contributed by atoms with Gasteiger partial charge in [0.15, 0.2) is 5.82 Å². The Morgan fingerprint density at radius 1 is 0.903 bits per heavy atom. The number of para-hydroxylation sites is 2. The minimum absolute atomic E-state index is 0.101. The summed E-state index contributed by atoms with van der Waals surface area (Å²) in [5, 5.41) is 12.2. The Kier molecular flexibility index (Phi) is 4.18. The van der Waals surface area contributed by atoms with Crippen LogP contribution in [-0.4, -0.2) is 19.5 Å². The van der Waals surface area contributed by atoms with Crippen molar-refractivity contribution in [1.29, 1.82) is 0 Å². The van der Waals surface area contributed by atoms with Crippen molar-refractivity contribution < 1.29 is 4.92 Å². The lowest BCUT2D eigenvalue weighted by molar-refractivity contribution is -0.384. The summed E-state index contributed by atoms with van der Waals surface area (Å²) in [4.78, 5) is 44.3. The predicted octanol–water partition coefficient (Wildman–Crippen LogP) is 3.80. The number of aromatic nitrogens is 3. The topological polar surface area (TPSA) is 111 Å². The average molecular weight is 410 g/mol. The molecule has 0 amide bonds. The van der Waals surface area contributed by atoms with Gasteiger partial charge in [-0.25, -0.2) is 4.98 Å². The fourth-order valence-electron chi connectivity index (χ4n) is 3.59. The number of nitrogens with zero attached hydrogens (tertiary/aromatic N) is 3. The van der Waals surface area contributed by atoms with Crippen LogP contribution in [0.1, 0.15) is 0 Å². The van der Waals surface area contributed by atoms with E-state index in [1.807, 2.05) is 18.2 Å². The highest BCUT2D eigenvalue weighted by Crippen LogP contribution is 2.23. The molecule has 0 bridgehead atoms. The smallest absolute Gasteiger partial charge is 0.269 e. The Hall–Kier alpha value is -4.59. The van der Waals surface area contributed by atoms with Crippen LogP contribution in [0.15, 0.2) is 88.5 Å². The lowest BCUT2D eigenvalue weighted by Crippen LogP contribution is -2.24. The van der Waals surface area contributed by atoms with E-state index in [9.17, 15) is 19.7 Å². The molecule has 0 aliphatic heterocycles. The molecule has 0 saturated heterocycles. The minimum Gasteiger partial charge on any atom is -0.321 e. The van der Waals surface area contributed by atoms with Crippen molar-refractivity contribution in [1.82, 2.24) is 14.5 Å². The van der Waals surface area contributed by atoms with Gasteiger partial charge in [-0.15, -0.1) is 0 Å². The molecule has 5 rings (SSSR count). The van der Waals surface area contributed by atoms with Gasteiger partial charge in [0.25, 0.3) is 16.8 Å². The molecule has 0 saturated carbocycles. The molecule has 0 aliphatic carbocycles. The molecule has 0 radical (unpaired) electrons. The first-order chi connectivity index (χ1) is 15.0. The van der Waals surface area contributed by atoms with Crippen molar-refractivity contribution in [2.45, 2.75) is 0 Å². The van der Waals surface area contributed by atoms with Gasteiger partial charge in [-0.2, -0.15) is 0 Å². The van der Waals surface area contributed by atoms with Crippen molar-refractivity contribution in [3.8, 4) is 17.1 Å². The largest absolute Gasteiger partial charge is 0.321 e.